The third-order valence-electron chi connectivity index (χ3n) is 15.3. The van der Waals surface area contributed by atoms with Gasteiger partial charge in [0.25, 0.3) is 5.91 Å². The Morgan fingerprint density at radius 3 is 1.76 bits per heavy atom. The van der Waals surface area contributed by atoms with Gasteiger partial charge in [-0.1, -0.05) is 87.0 Å². The first-order valence-corrected chi connectivity index (χ1v) is 31.3. The number of rotatable bonds is 37. The van der Waals surface area contributed by atoms with Crippen molar-refractivity contribution in [3.05, 3.63) is 40.2 Å². The van der Waals surface area contributed by atoms with Crippen LogP contribution in [0.1, 0.15) is 191 Å². The number of likely N-dealkylation sites (tertiary alicyclic amines) is 1. The van der Waals surface area contributed by atoms with Gasteiger partial charge in [-0.3, -0.25) is 47.9 Å². The first-order chi connectivity index (χ1) is 41.1. The smallest absolute Gasteiger partial charge is 0.349 e. The number of ether oxygens (including phenoxy) is 1. The van der Waals surface area contributed by atoms with Crippen molar-refractivity contribution in [3.63, 3.8) is 0 Å². The average Bonchev–Trinajstić information content (AvgIpc) is 2.44. The van der Waals surface area contributed by atoms with Crippen LogP contribution in [-0.2, 0) is 43.2 Å². The third kappa shape index (κ3) is 23.4. The largest absolute Gasteiger partial charge is 0.497 e. The van der Waals surface area contributed by atoms with Crippen LogP contribution in [-0.4, -0.2) is 168 Å². The number of likely N-dealkylation sites (N-methyl/N-ethyl adjacent to an activating group) is 1. The lowest BCUT2D eigenvalue weighted by Gasteiger charge is -2.38. The molecule has 0 unspecified atom stereocenters. The minimum Gasteiger partial charge on any atom is -0.497 e. The van der Waals surface area contributed by atoms with Gasteiger partial charge in [-0.2, -0.15) is 0 Å². The standard InChI is InChI=1S/C64H105N11O13/c1-18-19-20-21-22-23-25-49(75(38-76)52-26-24-31-74(52)57(82)45-35-43-27-28-44(87-17)36-50(43)88-58(45)83)56(81)68-48(34-41(6)7)55(80)70-63(11,12)60(85)69-46(32-39(2)3)53(78)67-47(33-40(4)5)54(79)71-64(13,14)61(86)72-62(9,10)59(84)65-30-29-51(77)66-42(8)37-73(15)16/h27-28,35-36,38-42,46-49,52H,18-26,29-34,37H2,1-17H3,(H,65,84)(H,66,77)(H,67,78)(H,68,81)(H,69,85)(H,70,80)(H,71,79)(H,72,86)/t42-,46-,47-,48-,49-,52+/m0/s1. The van der Waals surface area contributed by atoms with E-state index in [1.165, 1.54) is 70.6 Å². The molecule has 10 amide bonds. The fourth-order valence-corrected chi connectivity index (χ4v) is 10.5. The molecule has 494 valence electrons. The van der Waals surface area contributed by atoms with Crippen molar-refractivity contribution in [2.24, 2.45) is 17.8 Å². The molecule has 1 fully saturated rings. The molecule has 0 saturated carbocycles. The quantitative estimate of drug-likeness (QED) is 0.0256. The maximum atomic E-state index is 14.8. The van der Waals surface area contributed by atoms with Crippen LogP contribution in [0.4, 0.5) is 0 Å². The van der Waals surface area contributed by atoms with Gasteiger partial charge >= 0.3 is 5.63 Å². The molecular formula is C64H105N11O13. The summed E-state index contributed by atoms with van der Waals surface area (Å²) in [5, 5.41) is 22.7. The highest BCUT2D eigenvalue weighted by Crippen LogP contribution is 2.28. The summed E-state index contributed by atoms with van der Waals surface area (Å²) >= 11 is 0. The molecule has 3 rings (SSSR count). The number of methoxy groups -OCH3 is 1. The maximum absolute atomic E-state index is 14.8. The number of amides is 10. The van der Waals surface area contributed by atoms with Crippen LogP contribution in [0.25, 0.3) is 11.0 Å². The molecule has 8 N–H and O–H groups in total. The number of carbonyl (C=O) groups is 10. The zero-order chi connectivity index (χ0) is 66.4. The molecule has 1 aromatic carbocycles. The van der Waals surface area contributed by atoms with E-state index in [0.29, 0.717) is 43.4 Å². The summed E-state index contributed by atoms with van der Waals surface area (Å²) in [7, 11) is 5.26. The Kier molecular flexibility index (Phi) is 29.5. The van der Waals surface area contributed by atoms with Crippen molar-refractivity contribution >= 4 is 70.5 Å². The number of fused-ring (bicyclic) bond motifs is 1. The summed E-state index contributed by atoms with van der Waals surface area (Å²) in [6.45, 7) is 24.7. The van der Waals surface area contributed by atoms with E-state index in [9.17, 15) is 52.7 Å². The van der Waals surface area contributed by atoms with Crippen LogP contribution in [0.2, 0.25) is 0 Å². The van der Waals surface area contributed by atoms with E-state index in [-0.39, 0.29) is 86.0 Å². The van der Waals surface area contributed by atoms with Gasteiger partial charge in [-0.05, 0) is 137 Å². The number of nitrogens with zero attached hydrogens (tertiary/aromatic N) is 3. The van der Waals surface area contributed by atoms with Crippen LogP contribution in [0.15, 0.2) is 33.5 Å². The normalized spacial score (nSPS) is 15.4. The summed E-state index contributed by atoms with van der Waals surface area (Å²) in [6.07, 6.45) is 6.26. The van der Waals surface area contributed by atoms with Crippen molar-refractivity contribution in [1.82, 2.24) is 57.2 Å². The molecule has 0 spiro atoms. The molecule has 1 saturated heterocycles. The van der Waals surface area contributed by atoms with Gasteiger partial charge in [0.2, 0.25) is 53.7 Å². The van der Waals surface area contributed by atoms with Gasteiger partial charge in [-0.25, -0.2) is 4.79 Å². The highest BCUT2D eigenvalue weighted by Gasteiger charge is 2.43. The Hall–Kier alpha value is -7.11. The Morgan fingerprint density at radius 2 is 1.22 bits per heavy atom. The molecule has 1 aromatic heterocycles. The highest BCUT2D eigenvalue weighted by molar-refractivity contribution is 6.00. The molecule has 1 aliphatic rings. The third-order valence-corrected chi connectivity index (χ3v) is 15.3. The van der Waals surface area contributed by atoms with Gasteiger partial charge in [0.15, 0.2) is 0 Å². The molecule has 0 radical (unpaired) electrons. The summed E-state index contributed by atoms with van der Waals surface area (Å²) in [6, 6.07) is 1.45. The lowest BCUT2D eigenvalue weighted by Crippen LogP contribution is -2.65. The number of hydrogen-bond acceptors (Lipinski definition) is 14. The minimum atomic E-state index is -1.69. The van der Waals surface area contributed by atoms with Crippen molar-refractivity contribution in [3.8, 4) is 5.75 Å². The van der Waals surface area contributed by atoms with Gasteiger partial charge < -0.3 is 66.4 Å². The van der Waals surface area contributed by atoms with E-state index in [1.54, 1.807) is 12.1 Å². The lowest BCUT2D eigenvalue weighted by molar-refractivity contribution is -0.140. The number of carbonyl (C=O) groups excluding carboxylic acids is 10. The van der Waals surface area contributed by atoms with E-state index < -0.39 is 99.8 Å². The number of hydrogen-bond donors (Lipinski definition) is 8. The zero-order valence-electron chi connectivity index (χ0n) is 55.5. The van der Waals surface area contributed by atoms with E-state index in [0.717, 1.165) is 32.1 Å². The summed E-state index contributed by atoms with van der Waals surface area (Å²) < 4.78 is 10.8. The minimum absolute atomic E-state index is 0.0182. The molecule has 1 aliphatic heterocycles. The fourth-order valence-electron chi connectivity index (χ4n) is 10.5. The zero-order valence-corrected chi connectivity index (χ0v) is 55.5. The van der Waals surface area contributed by atoms with Gasteiger partial charge in [0.1, 0.15) is 63.8 Å². The average molecular weight is 1240 g/mol. The second kappa shape index (κ2) is 34.6. The van der Waals surface area contributed by atoms with Crippen LogP contribution in [0.5, 0.6) is 5.75 Å². The molecular weight excluding hydrogens is 1130 g/mol. The molecule has 0 bridgehead atoms. The predicted octanol–water partition coefficient (Wildman–Crippen LogP) is 4.79. The predicted molar refractivity (Wildman–Crippen MR) is 337 cm³/mol. The SMILES string of the molecule is CCCCCCCC[C@@H](C(=O)N[C@@H](CC(C)C)C(=O)NC(C)(C)C(=O)N[C@@H](CC(C)C)C(=O)N[C@@H](CC(C)C)C(=O)NC(C)(C)C(=O)NC(C)(C)C(=O)NCCC(=O)N[C@@H](C)CN(C)C)N(C=O)[C@@H]1CCCN1C(=O)c1cc2ccc(OC)cc2oc1=O. The maximum Gasteiger partial charge on any atom is 0.349 e. The molecule has 0 aliphatic carbocycles. The summed E-state index contributed by atoms with van der Waals surface area (Å²) in [5.74, 6) is -5.65. The molecule has 88 heavy (non-hydrogen) atoms. The van der Waals surface area contributed by atoms with Crippen LogP contribution in [0.3, 0.4) is 0 Å². The highest BCUT2D eigenvalue weighted by atomic mass is 16.5. The van der Waals surface area contributed by atoms with E-state index in [2.05, 4.69) is 49.5 Å². The Labute approximate surface area is 521 Å². The first-order valence-electron chi connectivity index (χ1n) is 31.3. The Balaban J connectivity index is 1.82. The summed E-state index contributed by atoms with van der Waals surface area (Å²) in [4.78, 5) is 157. The van der Waals surface area contributed by atoms with Crippen molar-refractivity contribution in [1.29, 1.82) is 0 Å². The Morgan fingerprint density at radius 1 is 0.682 bits per heavy atom. The first kappa shape index (κ1) is 75.1. The van der Waals surface area contributed by atoms with Crippen LogP contribution in [0, 0.1) is 17.8 Å². The molecule has 24 heteroatoms. The molecule has 2 heterocycles. The molecule has 2 aromatic rings. The van der Waals surface area contributed by atoms with Crippen molar-refractivity contribution in [2.75, 3.05) is 40.8 Å². The molecule has 6 atom stereocenters. The monoisotopic (exact) mass is 1240 g/mol. The number of benzene rings is 1. The van der Waals surface area contributed by atoms with E-state index in [4.69, 9.17) is 9.15 Å². The van der Waals surface area contributed by atoms with Crippen LogP contribution < -0.4 is 52.9 Å². The Bertz CT molecular complexity index is 2780. The lowest BCUT2D eigenvalue weighted by atomic mass is 9.96. The molecule has 24 nitrogen and oxygen atoms in total. The van der Waals surface area contributed by atoms with Gasteiger partial charge in [-0.15, -0.1) is 0 Å². The van der Waals surface area contributed by atoms with Crippen molar-refractivity contribution < 1.29 is 57.1 Å². The second-order valence-electron chi connectivity index (χ2n) is 26.7. The van der Waals surface area contributed by atoms with Crippen LogP contribution >= 0.6 is 0 Å². The van der Waals surface area contributed by atoms with E-state index in [1.807, 2.05) is 67.5 Å². The van der Waals surface area contributed by atoms with E-state index >= 15 is 0 Å². The topological polar surface area (TPSA) is 316 Å². The fraction of sp³-hybridized carbons (Fsp3) is 0.703. The second-order valence-corrected chi connectivity index (χ2v) is 26.7. The number of unbranched alkanes of at least 4 members (excludes halogenated alkanes) is 5. The van der Waals surface area contributed by atoms with Gasteiger partial charge in [0.05, 0.1) is 7.11 Å². The summed E-state index contributed by atoms with van der Waals surface area (Å²) in [5.41, 5.74) is -5.65. The van der Waals surface area contributed by atoms with Crippen molar-refractivity contribution in [2.45, 2.75) is 233 Å². The van der Waals surface area contributed by atoms with Gasteiger partial charge in [0, 0.05) is 43.5 Å². The number of nitrogens with one attached hydrogen (secondary N) is 8.